The smallest absolute Gasteiger partial charge is 0.403 e. The molecule has 180 valence electrons. The molecule has 34 heavy (non-hydrogen) atoms. The van der Waals surface area contributed by atoms with Crippen molar-refractivity contribution in [3.8, 4) is 5.75 Å². The number of rotatable bonds is 7. The molecule has 2 N–H and O–H groups in total. The van der Waals surface area contributed by atoms with Gasteiger partial charge in [-0.25, -0.2) is 8.78 Å². The van der Waals surface area contributed by atoms with Crippen LogP contribution in [0.25, 0.3) is 0 Å². The molecule has 0 aliphatic rings. The van der Waals surface area contributed by atoms with Crippen LogP contribution in [0.3, 0.4) is 0 Å². The number of carbonyl (C=O) groups is 1. The number of aromatic amines is 1. The largest absolute Gasteiger partial charge is 0.573 e. The molecular formula is C22H18F5N3O4. The summed E-state index contributed by atoms with van der Waals surface area (Å²) in [5.41, 5.74) is -1.01. The molecule has 3 aromatic rings. The second-order valence-electron chi connectivity index (χ2n) is 7.26. The maximum atomic E-state index is 14.8. The van der Waals surface area contributed by atoms with Crippen LogP contribution < -0.4 is 10.3 Å². The molecule has 0 unspecified atom stereocenters. The first-order valence-corrected chi connectivity index (χ1v) is 9.79. The Labute approximate surface area is 189 Å². The van der Waals surface area contributed by atoms with Crippen LogP contribution >= 0.6 is 0 Å². The number of hydrogen-bond acceptors (Lipinski definition) is 5. The molecule has 0 aliphatic carbocycles. The SMILES string of the molecule is C[C@@H](O)CN(C(=O)c1ccc(=O)[nH]c1)[C@@H](c1ccc(OC(F)(F)F)c(F)c1)c1ncccc1F. The molecule has 0 radical (unpaired) electrons. The Hall–Kier alpha value is -3.80. The Bertz CT molecular complexity index is 1210. The lowest BCUT2D eigenvalue weighted by Gasteiger charge is -2.33. The molecule has 12 heteroatoms. The number of nitrogens with zero attached hydrogens (tertiary/aromatic N) is 2. The first kappa shape index (κ1) is 24.8. The molecular weight excluding hydrogens is 465 g/mol. The minimum absolute atomic E-state index is 0.0425. The lowest BCUT2D eigenvalue weighted by Crippen LogP contribution is -2.41. The lowest BCUT2D eigenvalue weighted by molar-refractivity contribution is -0.275. The summed E-state index contributed by atoms with van der Waals surface area (Å²) in [5.74, 6) is -4.20. The number of aliphatic hydroxyl groups excluding tert-OH is 1. The fourth-order valence-electron chi connectivity index (χ4n) is 3.28. The van der Waals surface area contributed by atoms with E-state index in [0.717, 1.165) is 29.3 Å². The normalized spacial score (nSPS) is 13.3. The first-order valence-electron chi connectivity index (χ1n) is 9.79. The number of halogens is 5. The van der Waals surface area contributed by atoms with Gasteiger partial charge in [0.2, 0.25) is 5.56 Å². The second-order valence-corrected chi connectivity index (χ2v) is 7.26. The van der Waals surface area contributed by atoms with Gasteiger partial charge in [-0.15, -0.1) is 13.2 Å². The van der Waals surface area contributed by atoms with Gasteiger partial charge in [0.1, 0.15) is 17.6 Å². The van der Waals surface area contributed by atoms with Crippen LogP contribution in [0.2, 0.25) is 0 Å². The van der Waals surface area contributed by atoms with E-state index in [1.54, 1.807) is 0 Å². The quantitative estimate of drug-likeness (QED) is 0.501. The van der Waals surface area contributed by atoms with Gasteiger partial charge in [0.05, 0.1) is 11.7 Å². The van der Waals surface area contributed by atoms with Crippen LogP contribution in [-0.4, -0.2) is 44.9 Å². The molecule has 0 spiro atoms. The molecule has 2 atom stereocenters. The highest BCUT2D eigenvalue weighted by Gasteiger charge is 2.35. The highest BCUT2D eigenvalue weighted by Crippen LogP contribution is 2.34. The molecule has 0 saturated heterocycles. The number of ether oxygens (including phenoxy) is 1. The van der Waals surface area contributed by atoms with Gasteiger partial charge in [0.25, 0.3) is 5.91 Å². The fraction of sp³-hybridized carbons (Fsp3) is 0.227. The third-order valence-corrected chi connectivity index (χ3v) is 4.61. The summed E-state index contributed by atoms with van der Waals surface area (Å²) in [5, 5.41) is 10.0. The van der Waals surface area contributed by atoms with Gasteiger partial charge < -0.3 is 19.7 Å². The van der Waals surface area contributed by atoms with E-state index in [9.17, 15) is 36.6 Å². The van der Waals surface area contributed by atoms with Crippen molar-refractivity contribution in [3.05, 3.63) is 93.7 Å². The van der Waals surface area contributed by atoms with Crippen molar-refractivity contribution in [3.63, 3.8) is 0 Å². The van der Waals surface area contributed by atoms with Crippen molar-refractivity contribution >= 4 is 5.91 Å². The number of carbonyl (C=O) groups excluding carboxylic acids is 1. The number of alkyl halides is 3. The highest BCUT2D eigenvalue weighted by atomic mass is 19.4. The number of benzene rings is 1. The van der Waals surface area contributed by atoms with Gasteiger partial charge in [0, 0.05) is 25.0 Å². The van der Waals surface area contributed by atoms with Crippen LogP contribution in [-0.2, 0) is 0 Å². The molecule has 1 amide bonds. The number of amides is 1. The summed E-state index contributed by atoms with van der Waals surface area (Å²) in [6.45, 7) is 0.959. The molecule has 7 nitrogen and oxygen atoms in total. The van der Waals surface area contributed by atoms with Crippen LogP contribution in [0, 0.1) is 11.6 Å². The van der Waals surface area contributed by atoms with Crippen molar-refractivity contribution in [2.75, 3.05) is 6.54 Å². The fourth-order valence-corrected chi connectivity index (χ4v) is 3.28. The molecule has 3 rings (SSSR count). The average molecular weight is 483 g/mol. The standard InChI is InChI=1S/C22H18F5N3O4/c1-12(31)11-30(21(33)14-5-7-18(32)29-10-14)20(19-15(23)3-2-8-28-19)13-4-6-17(16(24)9-13)34-22(25,26)27/h2-10,12,20,31H,11H2,1H3,(H,29,32)/t12-,20+/m1/s1. The van der Waals surface area contributed by atoms with Crippen LogP contribution in [0.5, 0.6) is 5.75 Å². The predicted octanol–water partition coefficient (Wildman–Crippen LogP) is 3.56. The maximum absolute atomic E-state index is 14.8. The van der Waals surface area contributed by atoms with Crippen LogP contribution in [0.15, 0.2) is 59.7 Å². The number of hydrogen-bond donors (Lipinski definition) is 2. The zero-order valence-electron chi connectivity index (χ0n) is 17.5. The van der Waals surface area contributed by atoms with Crippen molar-refractivity contribution in [1.29, 1.82) is 0 Å². The highest BCUT2D eigenvalue weighted by molar-refractivity contribution is 5.94. The maximum Gasteiger partial charge on any atom is 0.573 e. The van der Waals surface area contributed by atoms with E-state index >= 15 is 0 Å². The number of aromatic nitrogens is 2. The third kappa shape index (κ3) is 5.95. The van der Waals surface area contributed by atoms with Gasteiger partial charge in [-0.2, -0.15) is 0 Å². The van der Waals surface area contributed by atoms with E-state index in [0.29, 0.717) is 12.1 Å². The van der Waals surface area contributed by atoms with E-state index in [1.165, 1.54) is 25.3 Å². The number of nitrogens with one attached hydrogen (secondary N) is 1. The zero-order valence-corrected chi connectivity index (χ0v) is 17.5. The summed E-state index contributed by atoms with van der Waals surface area (Å²) in [6, 6.07) is 5.52. The number of pyridine rings is 2. The molecule has 0 saturated carbocycles. The average Bonchev–Trinajstić information content (AvgIpc) is 2.75. The van der Waals surface area contributed by atoms with Crippen molar-refractivity contribution in [1.82, 2.24) is 14.9 Å². The Kier molecular flexibility index (Phi) is 7.30. The van der Waals surface area contributed by atoms with E-state index in [4.69, 9.17) is 0 Å². The summed E-state index contributed by atoms with van der Waals surface area (Å²) < 4.78 is 70.5. The first-order chi connectivity index (χ1) is 16.0. The Morgan fingerprint density at radius 3 is 2.47 bits per heavy atom. The second kappa shape index (κ2) is 10.00. The van der Waals surface area contributed by atoms with Crippen molar-refractivity contribution in [2.24, 2.45) is 0 Å². The van der Waals surface area contributed by atoms with Gasteiger partial charge in [0.15, 0.2) is 11.6 Å². The predicted molar refractivity (Wildman–Crippen MR) is 109 cm³/mol. The van der Waals surface area contributed by atoms with E-state index < -0.39 is 47.4 Å². The molecule has 0 bridgehead atoms. The van der Waals surface area contributed by atoms with Gasteiger partial charge in [-0.1, -0.05) is 6.07 Å². The molecule has 2 aromatic heterocycles. The molecule has 0 aliphatic heterocycles. The lowest BCUT2D eigenvalue weighted by atomic mass is 9.98. The summed E-state index contributed by atoms with van der Waals surface area (Å²) in [6.07, 6.45) is -3.97. The Morgan fingerprint density at radius 2 is 1.91 bits per heavy atom. The van der Waals surface area contributed by atoms with Crippen LogP contribution in [0.1, 0.15) is 34.6 Å². The minimum Gasteiger partial charge on any atom is -0.403 e. The third-order valence-electron chi connectivity index (χ3n) is 4.61. The van der Waals surface area contributed by atoms with E-state index in [2.05, 4.69) is 14.7 Å². The number of H-pyrrole nitrogens is 1. The number of aliphatic hydroxyl groups is 1. The van der Waals surface area contributed by atoms with Crippen LogP contribution in [0.4, 0.5) is 22.0 Å². The van der Waals surface area contributed by atoms with E-state index in [-0.39, 0.29) is 23.4 Å². The van der Waals surface area contributed by atoms with Crippen molar-refractivity contribution < 1.29 is 36.6 Å². The monoisotopic (exact) mass is 483 g/mol. The van der Waals surface area contributed by atoms with Gasteiger partial charge in [-0.05, 0) is 42.8 Å². The zero-order chi connectivity index (χ0) is 25.0. The molecule has 1 aromatic carbocycles. The summed E-state index contributed by atoms with van der Waals surface area (Å²) >= 11 is 0. The Balaban J connectivity index is 2.16. The summed E-state index contributed by atoms with van der Waals surface area (Å²) in [7, 11) is 0. The van der Waals surface area contributed by atoms with Gasteiger partial charge >= 0.3 is 6.36 Å². The van der Waals surface area contributed by atoms with Crippen molar-refractivity contribution in [2.45, 2.75) is 25.4 Å². The Morgan fingerprint density at radius 1 is 1.18 bits per heavy atom. The van der Waals surface area contributed by atoms with E-state index in [1.807, 2.05) is 0 Å². The molecule has 2 heterocycles. The minimum atomic E-state index is -5.15. The topological polar surface area (TPSA) is 95.5 Å². The summed E-state index contributed by atoms with van der Waals surface area (Å²) in [4.78, 5) is 31.9. The molecule has 0 fully saturated rings. The van der Waals surface area contributed by atoms with Gasteiger partial charge in [-0.3, -0.25) is 14.6 Å².